The van der Waals surface area contributed by atoms with Crippen molar-refractivity contribution < 1.29 is 109 Å². The lowest BCUT2D eigenvalue weighted by Crippen LogP contribution is -2.67. The Hall–Kier alpha value is -1.59. The summed E-state index contributed by atoms with van der Waals surface area (Å²) in [6.45, 7) is 13.2. The van der Waals surface area contributed by atoms with E-state index in [1.54, 1.807) is 0 Å². The molecule has 8 fully saturated rings. The maximum atomic E-state index is 15.1. The molecule has 0 unspecified atom stereocenters. The quantitative estimate of drug-likeness (QED) is 0.0643. The predicted octanol–water partition coefficient (Wildman–Crippen LogP) is -1.40. The zero-order chi connectivity index (χ0) is 54.7. The molecule has 28 atom stereocenters. The average Bonchev–Trinajstić information content (AvgIpc) is 3.37. The van der Waals surface area contributed by atoms with Crippen molar-refractivity contribution in [1.29, 1.82) is 0 Å². The lowest BCUT2D eigenvalue weighted by atomic mass is 9.33. The van der Waals surface area contributed by atoms with Gasteiger partial charge in [-0.3, -0.25) is 4.79 Å². The summed E-state index contributed by atoms with van der Waals surface area (Å²) in [6, 6.07) is 0. The molecular weight excluding hydrogens is 989 g/mol. The minimum Gasteiger partial charge on any atom is -0.432 e. The first-order valence-corrected chi connectivity index (χ1v) is 27.3. The Morgan fingerprint density at radius 3 is 1.97 bits per heavy atom. The van der Waals surface area contributed by atoms with Crippen molar-refractivity contribution >= 4 is 5.97 Å². The third kappa shape index (κ3) is 9.50. The van der Waals surface area contributed by atoms with Crippen LogP contribution in [0, 0.1) is 50.2 Å². The lowest BCUT2D eigenvalue weighted by molar-refractivity contribution is -0.361. The zero-order valence-corrected chi connectivity index (χ0v) is 44.2. The second-order valence-electron chi connectivity index (χ2n) is 25.7. The summed E-state index contributed by atoms with van der Waals surface area (Å²) < 4.78 is 47.0. The van der Waals surface area contributed by atoms with Crippen molar-refractivity contribution in [3.8, 4) is 0 Å². The average molecular weight is 1080 g/mol. The lowest BCUT2D eigenvalue weighted by Gasteiger charge is -2.71. The van der Waals surface area contributed by atoms with Gasteiger partial charge in [0, 0.05) is 5.41 Å². The highest BCUT2D eigenvalue weighted by molar-refractivity contribution is 5.79. The largest absolute Gasteiger partial charge is 0.432 e. The molecule has 4 saturated heterocycles. The number of carbonyl (C=O) groups excluding carboxylic acids is 1. The van der Waals surface area contributed by atoms with Gasteiger partial charge in [0.05, 0.1) is 44.1 Å². The fourth-order valence-corrected chi connectivity index (χ4v) is 16.1. The Bertz CT molecular complexity index is 2060. The van der Waals surface area contributed by atoms with Crippen LogP contribution in [0.25, 0.3) is 0 Å². The van der Waals surface area contributed by atoms with Crippen LogP contribution in [0.5, 0.6) is 0 Å². The van der Waals surface area contributed by atoms with Gasteiger partial charge >= 0.3 is 5.97 Å². The van der Waals surface area contributed by atoms with E-state index in [1.807, 2.05) is 6.92 Å². The van der Waals surface area contributed by atoms with E-state index in [4.69, 9.17) is 37.9 Å². The Labute approximate surface area is 437 Å². The molecule has 0 aromatic rings. The van der Waals surface area contributed by atoms with Gasteiger partial charge in [0.15, 0.2) is 18.9 Å². The molecule has 4 heterocycles. The van der Waals surface area contributed by atoms with Crippen molar-refractivity contribution in [3.63, 3.8) is 0 Å². The maximum Gasteiger partial charge on any atom is 0.315 e. The van der Waals surface area contributed by atoms with Crippen LogP contribution >= 0.6 is 0 Å². The standard InChI is InChI=1S/C53H86O22/c1-23-32(57)35(60)39(64)45(70-23)74-42-27(19-54)71-43(41(66)37(42)62)69-21-28-34(59)36(61)40(65)46(72-28)75-47(67)53-16-14-48(2,3)18-25(53)24-8-9-30-49(4)12-11-31(73-44-38(63)33(58)26(56)20-68-44)50(5,22-55)29(49)10-13-52(30,7)51(24,6)15-17-53/h8,23,25-46,54-66H,9-22H2,1-7H3/t23-,25-,26+,27+,28+,29+,30-,31-,32-,33+,34+,35+,36-,37+,38-,39+,40+,41+,42+,43+,44+,45-,46-,49-,50-,51+,52+,53-/m0/s1. The van der Waals surface area contributed by atoms with Gasteiger partial charge in [-0.2, -0.15) is 0 Å². The summed E-state index contributed by atoms with van der Waals surface area (Å²) in [5, 5.41) is 139. The summed E-state index contributed by atoms with van der Waals surface area (Å²) in [5.41, 5.74) is -1.46. The van der Waals surface area contributed by atoms with E-state index in [-0.39, 0.29) is 52.6 Å². The molecule has 430 valence electrons. The highest BCUT2D eigenvalue weighted by atomic mass is 16.8. The number of carbonyl (C=O) groups is 1. The van der Waals surface area contributed by atoms with Crippen LogP contribution in [-0.2, 0) is 42.7 Å². The summed E-state index contributed by atoms with van der Waals surface area (Å²) in [7, 11) is 0. The van der Waals surface area contributed by atoms with Gasteiger partial charge in [-0.05, 0) is 111 Å². The normalized spacial score (nSPS) is 54.8. The van der Waals surface area contributed by atoms with Crippen molar-refractivity contribution in [2.24, 2.45) is 50.2 Å². The molecule has 0 spiro atoms. The molecule has 13 N–H and O–H groups in total. The molecule has 4 aliphatic heterocycles. The van der Waals surface area contributed by atoms with E-state index < -0.39 is 153 Å². The van der Waals surface area contributed by atoms with Crippen LogP contribution in [0.15, 0.2) is 11.6 Å². The van der Waals surface area contributed by atoms with E-state index in [0.717, 1.165) is 25.7 Å². The van der Waals surface area contributed by atoms with Gasteiger partial charge in [0.25, 0.3) is 0 Å². The molecule has 9 rings (SSSR count). The molecule has 22 heteroatoms. The maximum absolute atomic E-state index is 15.1. The summed E-state index contributed by atoms with van der Waals surface area (Å²) in [5.74, 6) is -0.615. The molecule has 0 bridgehead atoms. The molecule has 9 aliphatic rings. The number of esters is 1. The van der Waals surface area contributed by atoms with E-state index in [0.29, 0.717) is 38.5 Å². The third-order valence-corrected chi connectivity index (χ3v) is 21.1. The van der Waals surface area contributed by atoms with Crippen molar-refractivity contribution in [2.45, 2.75) is 235 Å². The van der Waals surface area contributed by atoms with Gasteiger partial charge in [0.2, 0.25) is 6.29 Å². The van der Waals surface area contributed by atoms with Crippen LogP contribution in [-0.4, -0.2) is 222 Å². The van der Waals surface area contributed by atoms with Crippen molar-refractivity contribution in [3.05, 3.63) is 11.6 Å². The third-order valence-electron chi connectivity index (χ3n) is 21.1. The van der Waals surface area contributed by atoms with Gasteiger partial charge < -0.3 is 104 Å². The molecule has 0 aromatic heterocycles. The molecular formula is C53H86O22. The van der Waals surface area contributed by atoms with E-state index in [9.17, 15) is 66.4 Å². The van der Waals surface area contributed by atoms with Crippen LogP contribution in [0.1, 0.15) is 113 Å². The molecule has 22 nitrogen and oxygen atoms in total. The zero-order valence-electron chi connectivity index (χ0n) is 44.2. The van der Waals surface area contributed by atoms with Crippen LogP contribution in [0.2, 0.25) is 0 Å². The van der Waals surface area contributed by atoms with Crippen LogP contribution in [0.3, 0.4) is 0 Å². The second-order valence-corrected chi connectivity index (χ2v) is 25.7. The Morgan fingerprint density at radius 2 is 1.28 bits per heavy atom. The molecule has 0 aromatic carbocycles. The van der Waals surface area contributed by atoms with Crippen molar-refractivity contribution in [1.82, 2.24) is 0 Å². The summed E-state index contributed by atoms with van der Waals surface area (Å²) in [6.07, 6.45) is -21.1. The van der Waals surface area contributed by atoms with Gasteiger partial charge in [0.1, 0.15) is 85.5 Å². The fraction of sp³-hybridized carbons (Fsp3) is 0.943. The minimum atomic E-state index is -1.87. The molecule has 0 amide bonds. The first kappa shape index (κ1) is 58.1. The predicted molar refractivity (Wildman–Crippen MR) is 257 cm³/mol. The van der Waals surface area contributed by atoms with Crippen LogP contribution < -0.4 is 0 Å². The number of aliphatic hydroxyl groups is 13. The summed E-state index contributed by atoms with van der Waals surface area (Å²) in [4.78, 5) is 15.1. The minimum absolute atomic E-state index is 0.0319. The first-order valence-electron chi connectivity index (χ1n) is 27.3. The van der Waals surface area contributed by atoms with Crippen molar-refractivity contribution in [2.75, 3.05) is 26.4 Å². The number of rotatable bonds is 11. The van der Waals surface area contributed by atoms with E-state index in [1.165, 1.54) is 12.5 Å². The number of allylic oxidation sites excluding steroid dienone is 2. The number of ether oxygens (including phenoxy) is 8. The number of hydrogen-bond donors (Lipinski definition) is 13. The monoisotopic (exact) mass is 1070 g/mol. The van der Waals surface area contributed by atoms with Crippen LogP contribution in [0.4, 0.5) is 0 Å². The molecule has 75 heavy (non-hydrogen) atoms. The first-order chi connectivity index (χ1) is 35.1. The highest BCUT2D eigenvalue weighted by Gasteiger charge is 2.70. The Morgan fingerprint density at radius 1 is 0.640 bits per heavy atom. The summed E-state index contributed by atoms with van der Waals surface area (Å²) >= 11 is 0. The fourth-order valence-electron chi connectivity index (χ4n) is 16.1. The second kappa shape index (κ2) is 21.1. The smallest absolute Gasteiger partial charge is 0.315 e. The van der Waals surface area contributed by atoms with E-state index in [2.05, 4.69) is 40.7 Å². The van der Waals surface area contributed by atoms with Gasteiger partial charge in [-0.25, -0.2) is 0 Å². The number of hydrogen-bond acceptors (Lipinski definition) is 22. The molecule has 4 saturated carbocycles. The van der Waals surface area contributed by atoms with Gasteiger partial charge in [-0.1, -0.05) is 53.2 Å². The highest BCUT2D eigenvalue weighted by Crippen LogP contribution is 2.76. The van der Waals surface area contributed by atoms with E-state index >= 15 is 4.79 Å². The topological polar surface area (TPSA) is 354 Å². The molecule has 0 radical (unpaired) electrons. The Balaban J connectivity index is 0.898. The SMILES string of the molecule is C[C@@H]1O[C@@H](O[C@H]2[C@H](O)[C@@H](O)[C@H](OC[C@H]3O[C@@H](OC(=O)[C@]45CCC(C)(C)C[C@H]4C4=CC[C@H]6[C@@]7(C)CC[C@H](O[C@H]8OC[C@@H](O)[C@@H](O)[C@@H]8O)[C@@](C)(CO)[C@@H]7CC[C@@]6(C)[C@]4(C)CC5)[C@H](O)[C@@H](O)[C@@H]3O)O[C@@H]2CO)[C@H](O)[C@H](O)[C@H]1O. The number of aliphatic hydroxyl groups excluding tert-OH is 13. The molecule has 5 aliphatic carbocycles. The van der Waals surface area contributed by atoms with Gasteiger partial charge in [-0.15, -0.1) is 0 Å². The number of fused-ring (bicyclic) bond motifs is 7. The Kier molecular flexibility index (Phi) is 16.3.